The minimum absolute atomic E-state index is 0.0159. The van der Waals surface area contributed by atoms with E-state index in [2.05, 4.69) is 5.32 Å². The van der Waals surface area contributed by atoms with E-state index in [1.54, 1.807) is 12.1 Å². The minimum Gasteiger partial charge on any atom is -0.478 e. The fourth-order valence-corrected chi connectivity index (χ4v) is 4.37. The van der Waals surface area contributed by atoms with Crippen LogP contribution in [0.5, 0.6) is 0 Å². The summed E-state index contributed by atoms with van der Waals surface area (Å²) in [5, 5.41) is 16.9. The van der Waals surface area contributed by atoms with Gasteiger partial charge in [-0.3, -0.25) is 5.32 Å². The predicted octanol–water partition coefficient (Wildman–Crippen LogP) is 7.28. The van der Waals surface area contributed by atoms with Crippen molar-refractivity contribution < 1.29 is 23.8 Å². The van der Waals surface area contributed by atoms with Crippen LogP contribution < -0.4 is 5.32 Å². The Hall–Kier alpha value is -4.36. The van der Waals surface area contributed by atoms with Crippen LogP contribution in [0, 0.1) is 0 Å². The molecule has 0 saturated heterocycles. The number of hydrogen-bond donors (Lipinski definition) is 2. The maximum absolute atomic E-state index is 12.4. The smallest absolute Gasteiger partial charge is 0.412 e. The highest BCUT2D eigenvalue weighted by molar-refractivity contribution is 7.08. The van der Waals surface area contributed by atoms with Crippen LogP contribution in [-0.4, -0.2) is 17.2 Å². The molecule has 0 aliphatic rings. The van der Waals surface area contributed by atoms with Gasteiger partial charge in [0.05, 0.1) is 11.3 Å². The summed E-state index contributed by atoms with van der Waals surface area (Å²) in [7, 11) is 0. The van der Waals surface area contributed by atoms with Crippen LogP contribution in [0.15, 0.2) is 94.0 Å². The van der Waals surface area contributed by atoms with Crippen molar-refractivity contribution in [3.63, 3.8) is 0 Å². The van der Waals surface area contributed by atoms with Crippen molar-refractivity contribution >= 4 is 40.1 Å². The van der Waals surface area contributed by atoms with E-state index in [1.807, 2.05) is 71.4 Å². The van der Waals surface area contributed by atoms with Gasteiger partial charge in [-0.05, 0) is 69.4 Å². The van der Waals surface area contributed by atoms with Crippen LogP contribution >= 0.6 is 11.3 Å². The molecule has 0 spiro atoms. The SMILES string of the molecule is O=C(Nc1ccc(-c2ccsc2)cc1C(=O)O)OCc1cc2cc(-c3ccccc3)ccc2o1. The summed E-state index contributed by atoms with van der Waals surface area (Å²) >= 11 is 1.52. The van der Waals surface area contributed by atoms with E-state index < -0.39 is 12.1 Å². The van der Waals surface area contributed by atoms with Crippen molar-refractivity contribution in [2.45, 2.75) is 6.61 Å². The van der Waals surface area contributed by atoms with Crippen molar-refractivity contribution in [1.29, 1.82) is 0 Å². The van der Waals surface area contributed by atoms with Crippen molar-refractivity contribution in [2.75, 3.05) is 5.32 Å². The average molecular weight is 470 g/mol. The molecule has 3 aromatic carbocycles. The molecule has 0 bridgehead atoms. The second-order valence-electron chi connectivity index (χ2n) is 7.61. The molecule has 0 fully saturated rings. The molecule has 168 valence electrons. The van der Waals surface area contributed by atoms with Gasteiger partial charge in [0.15, 0.2) is 6.61 Å². The molecule has 0 atom stereocenters. The molecule has 2 aromatic heterocycles. The molecule has 0 saturated carbocycles. The quantitative estimate of drug-likeness (QED) is 0.273. The number of carboxylic acids is 1. The molecule has 7 heteroatoms. The molecular formula is C27H19NO5S. The average Bonchev–Trinajstić information content (AvgIpc) is 3.53. The highest BCUT2D eigenvalue weighted by atomic mass is 32.1. The zero-order chi connectivity index (χ0) is 23.5. The van der Waals surface area contributed by atoms with E-state index in [-0.39, 0.29) is 17.9 Å². The molecule has 0 aliphatic heterocycles. The first-order valence-corrected chi connectivity index (χ1v) is 11.4. The van der Waals surface area contributed by atoms with Crippen LogP contribution in [0.1, 0.15) is 16.1 Å². The molecular weight excluding hydrogens is 450 g/mol. The third-order valence-corrected chi connectivity index (χ3v) is 6.04. The van der Waals surface area contributed by atoms with Gasteiger partial charge >= 0.3 is 12.1 Å². The third-order valence-electron chi connectivity index (χ3n) is 5.36. The Bertz CT molecular complexity index is 1470. The number of carbonyl (C=O) groups is 2. The number of ether oxygens (including phenoxy) is 1. The van der Waals surface area contributed by atoms with E-state index in [1.165, 1.54) is 17.4 Å². The zero-order valence-electron chi connectivity index (χ0n) is 17.9. The maximum atomic E-state index is 12.4. The Morgan fingerprint density at radius 1 is 0.882 bits per heavy atom. The van der Waals surface area contributed by atoms with E-state index in [0.717, 1.165) is 27.6 Å². The highest BCUT2D eigenvalue weighted by Gasteiger charge is 2.16. The van der Waals surface area contributed by atoms with Crippen LogP contribution in [-0.2, 0) is 11.3 Å². The Morgan fingerprint density at radius 2 is 1.68 bits per heavy atom. The summed E-state index contributed by atoms with van der Waals surface area (Å²) in [6.07, 6.45) is -0.767. The van der Waals surface area contributed by atoms with Crippen molar-refractivity contribution in [3.8, 4) is 22.3 Å². The number of aromatic carboxylic acids is 1. The number of nitrogens with one attached hydrogen (secondary N) is 1. The van der Waals surface area contributed by atoms with Gasteiger partial charge in [-0.2, -0.15) is 11.3 Å². The zero-order valence-corrected chi connectivity index (χ0v) is 18.7. The topological polar surface area (TPSA) is 88.8 Å². The fraction of sp³-hybridized carbons (Fsp3) is 0.0370. The lowest BCUT2D eigenvalue weighted by Gasteiger charge is -2.10. The number of anilines is 1. The Balaban J connectivity index is 1.28. The highest BCUT2D eigenvalue weighted by Crippen LogP contribution is 2.28. The van der Waals surface area contributed by atoms with Gasteiger partial charge in [-0.25, -0.2) is 9.59 Å². The minimum atomic E-state index is -1.14. The molecule has 0 aliphatic carbocycles. The number of benzene rings is 3. The second-order valence-corrected chi connectivity index (χ2v) is 8.39. The summed E-state index contributed by atoms with van der Waals surface area (Å²) in [4.78, 5) is 24.1. The van der Waals surface area contributed by atoms with Gasteiger partial charge in [0, 0.05) is 5.39 Å². The van der Waals surface area contributed by atoms with Crippen molar-refractivity contribution in [3.05, 3.63) is 101 Å². The van der Waals surface area contributed by atoms with Gasteiger partial charge in [0.25, 0.3) is 0 Å². The Labute approximate surface area is 199 Å². The molecule has 1 amide bonds. The van der Waals surface area contributed by atoms with Crippen LogP contribution in [0.3, 0.4) is 0 Å². The van der Waals surface area contributed by atoms with Gasteiger partial charge in [0.2, 0.25) is 0 Å². The summed E-state index contributed by atoms with van der Waals surface area (Å²) in [6, 6.07) is 24.5. The maximum Gasteiger partial charge on any atom is 0.412 e. The number of rotatable bonds is 6. The number of furan rings is 1. The molecule has 34 heavy (non-hydrogen) atoms. The molecule has 6 nitrogen and oxygen atoms in total. The summed E-state index contributed by atoms with van der Waals surface area (Å²) in [5.41, 5.74) is 4.67. The number of hydrogen-bond acceptors (Lipinski definition) is 5. The van der Waals surface area contributed by atoms with Crippen LogP contribution in [0.2, 0.25) is 0 Å². The molecule has 0 unspecified atom stereocenters. The summed E-state index contributed by atoms with van der Waals surface area (Å²) < 4.78 is 11.1. The number of amides is 1. The lowest BCUT2D eigenvalue weighted by atomic mass is 10.0. The number of fused-ring (bicyclic) bond motifs is 1. The first-order chi connectivity index (χ1) is 16.6. The Kier molecular flexibility index (Phi) is 5.84. The largest absolute Gasteiger partial charge is 0.478 e. The normalized spacial score (nSPS) is 10.8. The number of carboxylic acid groups (broad SMARTS) is 1. The second kappa shape index (κ2) is 9.25. The van der Waals surface area contributed by atoms with Crippen molar-refractivity contribution in [1.82, 2.24) is 0 Å². The van der Waals surface area contributed by atoms with E-state index in [4.69, 9.17) is 9.15 Å². The number of carbonyl (C=O) groups excluding carboxylic acids is 1. The fourth-order valence-electron chi connectivity index (χ4n) is 3.70. The first-order valence-electron chi connectivity index (χ1n) is 10.5. The summed E-state index contributed by atoms with van der Waals surface area (Å²) in [5.74, 6) is -0.652. The van der Waals surface area contributed by atoms with E-state index in [0.29, 0.717) is 11.3 Å². The lowest BCUT2D eigenvalue weighted by molar-refractivity contribution is 0.0698. The van der Waals surface area contributed by atoms with E-state index >= 15 is 0 Å². The van der Waals surface area contributed by atoms with Crippen molar-refractivity contribution in [2.24, 2.45) is 0 Å². The molecule has 0 radical (unpaired) electrons. The first kappa shape index (κ1) is 21.5. The van der Waals surface area contributed by atoms with Gasteiger partial charge in [0.1, 0.15) is 11.3 Å². The summed E-state index contributed by atoms with van der Waals surface area (Å²) in [6.45, 7) is -0.0867. The van der Waals surface area contributed by atoms with E-state index in [9.17, 15) is 14.7 Å². The molecule has 5 rings (SSSR count). The van der Waals surface area contributed by atoms with Crippen LogP contribution in [0.25, 0.3) is 33.2 Å². The standard InChI is InChI=1S/C27H19NO5S/c29-26(30)23-14-19(20-10-11-34-16-20)6-8-24(23)28-27(31)32-15-22-13-21-12-18(7-9-25(21)33-22)17-4-2-1-3-5-17/h1-14,16H,15H2,(H,28,31)(H,29,30). The Morgan fingerprint density at radius 3 is 2.44 bits per heavy atom. The lowest BCUT2D eigenvalue weighted by Crippen LogP contribution is -2.16. The molecule has 5 aromatic rings. The van der Waals surface area contributed by atoms with Crippen LogP contribution in [0.4, 0.5) is 10.5 Å². The van der Waals surface area contributed by atoms with Gasteiger partial charge in [-0.15, -0.1) is 0 Å². The van der Waals surface area contributed by atoms with Gasteiger partial charge in [-0.1, -0.05) is 42.5 Å². The number of thiophene rings is 1. The monoisotopic (exact) mass is 469 g/mol. The molecule has 2 heterocycles. The molecule has 2 N–H and O–H groups in total. The third kappa shape index (κ3) is 4.55. The predicted molar refractivity (Wildman–Crippen MR) is 132 cm³/mol. The van der Waals surface area contributed by atoms with Gasteiger partial charge < -0.3 is 14.3 Å².